The zero-order valence-corrected chi connectivity index (χ0v) is 11.8. The van der Waals surface area contributed by atoms with Gasteiger partial charge in [0, 0.05) is 18.4 Å². The Morgan fingerprint density at radius 1 is 1.60 bits per heavy atom. The van der Waals surface area contributed by atoms with Crippen molar-refractivity contribution in [3.05, 3.63) is 29.9 Å². The average molecular weight is 291 g/mol. The molecule has 106 valence electrons. The lowest BCUT2D eigenvalue weighted by Crippen LogP contribution is -2.51. The van der Waals surface area contributed by atoms with Gasteiger partial charge in [0.05, 0.1) is 4.88 Å². The Balaban J connectivity index is 1.91. The van der Waals surface area contributed by atoms with Crippen molar-refractivity contribution in [1.82, 2.24) is 9.55 Å². The van der Waals surface area contributed by atoms with Gasteiger partial charge in [0.15, 0.2) is 0 Å². The lowest BCUT2D eigenvalue weighted by molar-refractivity contribution is -0.145. The van der Waals surface area contributed by atoms with Crippen LogP contribution in [0.2, 0.25) is 0 Å². The van der Waals surface area contributed by atoms with Crippen molar-refractivity contribution >= 4 is 17.3 Å². The second kappa shape index (κ2) is 5.03. The fraction of sp³-hybridized carbons (Fsp3) is 0.429. The summed E-state index contributed by atoms with van der Waals surface area (Å²) in [5.41, 5.74) is 4.93. The molecule has 20 heavy (non-hydrogen) atoms. The molecule has 1 saturated carbocycles. The molecule has 0 amide bonds. The van der Waals surface area contributed by atoms with Gasteiger partial charge in [-0.15, -0.1) is 11.3 Å². The molecule has 0 bridgehead atoms. The molecule has 2 heterocycles. The fourth-order valence-electron chi connectivity index (χ4n) is 2.91. The van der Waals surface area contributed by atoms with E-state index in [0.717, 1.165) is 23.5 Å². The predicted molar refractivity (Wildman–Crippen MR) is 77.6 cm³/mol. The molecule has 0 spiro atoms. The molecule has 0 saturated heterocycles. The first kappa shape index (κ1) is 13.3. The fourth-order valence-corrected chi connectivity index (χ4v) is 3.64. The molecule has 2 aromatic heterocycles. The van der Waals surface area contributed by atoms with Gasteiger partial charge in [-0.3, -0.25) is 4.79 Å². The van der Waals surface area contributed by atoms with Gasteiger partial charge < -0.3 is 15.4 Å². The Labute approximate surface area is 121 Å². The van der Waals surface area contributed by atoms with Crippen LogP contribution in [0.4, 0.5) is 0 Å². The maximum absolute atomic E-state index is 11.4. The number of hydrogen-bond acceptors (Lipinski definition) is 4. The summed E-state index contributed by atoms with van der Waals surface area (Å²) >= 11 is 1.63. The van der Waals surface area contributed by atoms with E-state index in [1.807, 2.05) is 23.7 Å². The molecule has 2 atom stereocenters. The molecule has 3 rings (SSSR count). The van der Waals surface area contributed by atoms with Gasteiger partial charge in [-0.05, 0) is 37.1 Å². The van der Waals surface area contributed by atoms with Crippen LogP contribution in [-0.4, -0.2) is 26.2 Å². The molecule has 3 N–H and O–H groups in total. The zero-order chi connectivity index (χ0) is 14.2. The Kier molecular flexibility index (Phi) is 3.35. The molecular weight excluding hydrogens is 274 g/mol. The number of rotatable bonds is 3. The third kappa shape index (κ3) is 2.25. The van der Waals surface area contributed by atoms with Gasteiger partial charge in [0.2, 0.25) is 0 Å². The third-order valence-corrected chi connectivity index (χ3v) is 4.86. The largest absolute Gasteiger partial charge is 0.480 e. The van der Waals surface area contributed by atoms with E-state index in [0.29, 0.717) is 12.8 Å². The van der Waals surface area contributed by atoms with Crippen LogP contribution in [0.15, 0.2) is 29.9 Å². The lowest BCUT2D eigenvalue weighted by atomic mass is 9.79. The Hall–Kier alpha value is -1.66. The summed E-state index contributed by atoms with van der Waals surface area (Å²) in [6.07, 6.45) is 6.46. The highest BCUT2D eigenvalue weighted by molar-refractivity contribution is 7.13. The number of thiophene rings is 1. The average Bonchev–Trinajstić information content (AvgIpc) is 3.09. The van der Waals surface area contributed by atoms with E-state index < -0.39 is 11.5 Å². The van der Waals surface area contributed by atoms with E-state index in [4.69, 9.17) is 5.73 Å². The van der Waals surface area contributed by atoms with Crippen LogP contribution in [0, 0.1) is 0 Å². The van der Waals surface area contributed by atoms with Crippen LogP contribution in [0.5, 0.6) is 0 Å². The molecule has 0 aromatic carbocycles. The first-order chi connectivity index (χ1) is 9.60. The number of carbonyl (C=O) groups is 1. The van der Waals surface area contributed by atoms with Gasteiger partial charge in [-0.25, -0.2) is 4.98 Å². The monoisotopic (exact) mass is 291 g/mol. The van der Waals surface area contributed by atoms with Crippen LogP contribution < -0.4 is 5.73 Å². The summed E-state index contributed by atoms with van der Waals surface area (Å²) in [6, 6.07) is 4.12. The molecule has 5 nitrogen and oxygen atoms in total. The van der Waals surface area contributed by atoms with Crippen molar-refractivity contribution in [3.63, 3.8) is 0 Å². The van der Waals surface area contributed by atoms with Gasteiger partial charge in [0.1, 0.15) is 11.4 Å². The summed E-state index contributed by atoms with van der Waals surface area (Å²) in [4.78, 5) is 16.9. The van der Waals surface area contributed by atoms with E-state index >= 15 is 0 Å². The maximum Gasteiger partial charge on any atom is 0.323 e. The van der Waals surface area contributed by atoms with E-state index in [2.05, 4.69) is 9.55 Å². The van der Waals surface area contributed by atoms with Crippen molar-refractivity contribution in [2.45, 2.75) is 37.3 Å². The molecule has 0 aliphatic heterocycles. The highest BCUT2D eigenvalue weighted by atomic mass is 32.1. The van der Waals surface area contributed by atoms with Crippen molar-refractivity contribution in [2.24, 2.45) is 5.73 Å². The summed E-state index contributed by atoms with van der Waals surface area (Å²) in [5.74, 6) is -0.000345. The number of nitrogens with zero attached hydrogens (tertiary/aromatic N) is 2. The Morgan fingerprint density at radius 3 is 3.15 bits per heavy atom. The SMILES string of the molecule is NC1(C(=O)O)CCCC(n2ccnc2-c2cccs2)C1. The minimum atomic E-state index is -1.11. The molecule has 2 aromatic rings. The van der Waals surface area contributed by atoms with E-state index in [-0.39, 0.29) is 6.04 Å². The highest BCUT2D eigenvalue weighted by Gasteiger charge is 2.40. The Morgan fingerprint density at radius 2 is 2.45 bits per heavy atom. The minimum absolute atomic E-state index is 0.101. The Bertz CT molecular complexity index is 608. The van der Waals surface area contributed by atoms with Gasteiger partial charge in [-0.1, -0.05) is 6.07 Å². The number of aromatic nitrogens is 2. The van der Waals surface area contributed by atoms with Crippen LogP contribution >= 0.6 is 11.3 Å². The quantitative estimate of drug-likeness (QED) is 0.910. The van der Waals surface area contributed by atoms with Gasteiger partial charge >= 0.3 is 5.97 Å². The van der Waals surface area contributed by atoms with Crippen LogP contribution in [0.3, 0.4) is 0 Å². The normalized spacial score (nSPS) is 26.6. The number of aliphatic carboxylic acids is 1. The molecule has 6 heteroatoms. The first-order valence-corrected chi connectivity index (χ1v) is 7.57. The number of nitrogens with two attached hydrogens (primary N) is 1. The van der Waals surface area contributed by atoms with Crippen molar-refractivity contribution in [3.8, 4) is 10.7 Å². The second-order valence-corrected chi connectivity index (χ2v) is 6.29. The molecular formula is C14H17N3O2S. The van der Waals surface area contributed by atoms with E-state index in [9.17, 15) is 9.90 Å². The van der Waals surface area contributed by atoms with E-state index in [1.165, 1.54) is 0 Å². The van der Waals surface area contributed by atoms with E-state index in [1.54, 1.807) is 17.5 Å². The number of imidazole rings is 1. The number of hydrogen-bond donors (Lipinski definition) is 2. The standard InChI is InChI=1S/C14H17N3O2S/c15-14(13(18)19)5-1-3-10(9-14)17-7-6-16-12(17)11-4-2-8-20-11/h2,4,6-8,10H,1,3,5,9,15H2,(H,18,19). The lowest BCUT2D eigenvalue weighted by Gasteiger charge is -2.35. The van der Waals surface area contributed by atoms with Crippen LogP contribution in [-0.2, 0) is 4.79 Å². The van der Waals surface area contributed by atoms with Crippen molar-refractivity contribution in [1.29, 1.82) is 0 Å². The zero-order valence-electron chi connectivity index (χ0n) is 11.0. The highest BCUT2D eigenvalue weighted by Crippen LogP contribution is 2.37. The summed E-state index contributed by atoms with van der Waals surface area (Å²) in [6.45, 7) is 0. The summed E-state index contributed by atoms with van der Waals surface area (Å²) in [5, 5.41) is 11.3. The van der Waals surface area contributed by atoms with Crippen LogP contribution in [0.25, 0.3) is 10.7 Å². The first-order valence-electron chi connectivity index (χ1n) is 6.69. The van der Waals surface area contributed by atoms with Gasteiger partial charge in [0.25, 0.3) is 0 Å². The smallest absolute Gasteiger partial charge is 0.323 e. The molecule has 1 fully saturated rings. The third-order valence-electron chi connectivity index (χ3n) is 3.99. The van der Waals surface area contributed by atoms with Crippen LogP contribution in [0.1, 0.15) is 31.7 Å². The minimum Gasteiger partial charge on any atom is -0.480 e. The molecule has 2 unspecified atom stereocenters. The summed E-state index contributed by atoms with van der Waals surface area (Å²) in [7, 11) is 0. The molecule has 1 aliphatic carbocycles. The second-order valence-electron chi connectivity index (χ2n) is 5.35. The van der Waals surface area contributed by atoms with Crippen molar-refractivity contribution in [2.75, 3.05) is 0 Å². The predicted octanol–water partition coefficient (Wildman–Crippen LogP) is 2.51. The number of carboxylic acid groups (broad SMARTS) is 1. The number of carboxylic acids is 1. The molecule has 1 aliphatic rings. The maximum atomic E-state index is 11.4. The van der Waals surface area contributed by atoms with Crippen molar-refractivity contribution < 1.29 is 9.90 Å². The van der Waals surface area contributed by atoms with Gasteiger partial charge in [-0.2, -0.15) is 0 Å². The summed E-state index contributed by atoms with van der Waals surface area (Å²) < 4.78 is 2.08. The molecule has 0 radical (unpaired) electrons. The topological polar surface area (TPSA) is 81.1 Å².